The molecule has 14 heavy (non-hydrogen) atoms. The molecule has 0 aliphatic carbocycles. The lowest BCUT2D eigenvalue weighted by Gasteiger charge is -2.09. The summed E-state index contributed by atoms with van der Waals surface area (Å²) in [4.78, 5) is 0. The van der Waals surface area contributed by atoms with Crippen LogP contribution < -0.4 is 10.1 Å². The van der Waals surface area contributed by atoms with E-state index in [2.05, 4.69) is 21.2 Å². The van der Waals surface area contributed by atoms with Crippen molar-refractivity contribution in [3.8, 4) is 5.75 Å². The molecule has 4 heteroatoms. The molecule has 0 aromatic heterocycles. The summed E-state index contributed by atoms with van der Waals surface area (Å²) in [6.45, 7) is 0.731. The zero-order valence-corrected chi connectivity index (χ0v) is 9.82. The Morgan fingerprint density at radius 2 is 2.21 bits per heavy atom. The van der Waals surface area contributed by atoms with Gasteiger partial charge in [-0.05, 0) is 32.1 Å². The van der Waals surface area contributed by atoms with Crippen molar-refractivity contribution in [1.29, 1.82) is 0 Å². The third kappa shape index (κ3) is 2.69. The van der Waals surface area contributed by atoms with Crippen LogP contribution in [0.3, 0.4) is 0 Å². The van der Waals surface area contributed by atoms with E-state index in [1.807, 2.05) is 7.05 Å². The van der Waals surface area contributed by atoms with Crippen LogP contribution >= 0.6 is 15.9 Å². The van der Waals surface area contributed by atoms with E-state index in [1.54, 1.807) is 13.2 Å². The second-order valence-electron chi connectivity index (χ2n) is 2.92. The SMILES string of the molecule is CNCCc1c(F)cc(Br)cc1OC. The number of likely N-dealkylation sites (N-methyl/N-ethyl adjacent to an activating group) is 1. The Bertz CT molecular complexity index is 317. The molecule has 1 N–H and O–H groups in total. The lowest BCUT2D eigenvalue weighted by atomic mass is 10.1. The average Bonchev–Trinajstić information content (AvgIpc) is 2.15. The minimum absolute atomic E-state index is 0.230. The fourth-order valence-electron chi connectivity index (χ4n) is 1.25. The van der Waals surface area contributed by atoms with Gasteiger partial charge in [0.15, 0.2) is 0 Å². The van der Waals surface area contributed by atoms with Crippen molar-refractivity contribution in [2.24, 2.45) is 0 Å². The Kier molecular flexibility index (Phi) is 4.35. The van der Waals surface area contributed by atoms with Gasteiger partial charge in [-0.1, -0.05) is 15.9 Å². The van der Waals surface area contributed by atoms with E-state index in [4.69, 9.17) is 4.74 Å². The van der Waals surface area contributed by atoms with Crippen LogP contribution in [0.25, 0.3) is 0 Å². The molecule has 1 rings (SSSR count). The van der Waals surface area contributed by atoms with Crippen LogP contribution in [-0.2, 0) is 6.42 Å². The molecular formula is C10H13BrFNO. The van der Waals surface area contributed by atoms with Crippen LogP contribution in [-0.4, -0.2) is 20.7 Å². The predicted octanol–water partition coefficient (Wildman–Crippen LogP) is 2.36. The summed E-state index contributed by atoms with van der Waals surface area (Å²) in [5.74, 6) is 0.360. The fourth-order valence-corrected chi connectivity index (χ4v) is 1.66. The smallest absolute Gasteiger partial charge is 0.131 e. The Hall–Kier alpha value is -0.610. The first-order valence-electron chi connectivity index (χ1n) is 4.35. The number of hydrogen-bond acceptors (Lipinski definition) is 2. The molecule has 78 valence electrons. The number of halogens is 2. The van der Waals surface area contributed by atoms with Crippen molar-refractivity contribution in [2.45, 2.75) is 6.42 Å². The third-order valence-corrected chi connectivity index (χ3v) is 2.42. The maximum atomic E-state index is 13.5. The maximum absolute atomic E-state index is 13.5. The van der Waals surface area contributed by atoms with Gasteiger partial charge in [0.25, 0.3) is 0 Å². The van der Waals surface area contributed by atoms with Crippen molar-refractivity contribution >= 4 is 15.9 Å². The lowest BCUT2D eigenvalue weighted by molar-refractivity contribution is 0.403. The molecule has 2 nitrogen and oxygen atoms in total. The molecule has 0 atom stereocenters. The molecule has 0 fully saturated rings. The first kappa shape index (κ1) is 11.5. The topological polar surface area (TPSA) is 21.3 Å². The molecule has 1 aromatic carbocycles. The van der Waals surface area contributed by atoms with E-state index in [9.17, 15) is 4.39 Å². The van der Waals surface area contributed by atoms with Gasteiger partial charge in [0.05, 0.1) is 7.11 Å². The molecular weight excluding hydrogens is 249 g/mol. The zero-order chi connectivity index (χ0) is 10.6. The Balaban J connectivity index is 2.99. The molecule has 0 aliphatic rings. The summed E-state index contributed by atoms with van der Waals surface area (Å²) in [5.41, 5.74) is 0.616. The standard InChI is InChI=1S/C10H13BrFNO/c1-13-4-3-8-9(12)5-7(11)6-10(8)14-2/h5-6,13H,3-4H2,1-2H3. The molecule has 0 radical (unpaired) electrons. The highest BCUT2D eigenvalue weighted by Gasteiger charge is 2.10. The summed E-state index contributed by atoms with van der Waals surface area (Å²) in [5, 5.41) is 2.98. The van der Waals surface area contributed by atoms with Crippen molar-refractivity contribution in [1.82, 2.24) is 5.32 Å². The van der Waals surface area contributed by atoms with Gasteiger partial charge in [-0.15, -0.1) is 0 Å². The third-order valence-electron chi connectivity index (χ3n) is 1.96. The number of hydrogen-bond donors (Lipinski definition) is 1. The van der Waals surface area contributed by atoms with Gasteiger partial charge >= 0.3 is 0 Å². The van der Waals surface area contributed by atoms with Gasteiger partial charge in [0.1, 0.15) is 11.6 Å². The van der Waals surface area contributed by atoms with E-state index in [0.717, 1.165) is 6.54 Å². The van der Waals surface area contributed by atoms with Gasteiger partial charge < -0.3 is 10.1 Å². The summed E-state index contributed by atoms with van der Waals surface area (Å²) in [7, 11) is 3.38. The highest BCUT2D eigenvalue weighted by molar-refractivity contribution is 9.10. The fraction of sp³-hybridized carbons (Fsp3) is 0.400. The molecule has 0 amide bonds. The number of benzene rings is 1. The Morgan fingerprint density at radius 3 is 2.79 bits per heavy atom. The van der Waals surface area contributed by atoms with E-state index in [-0.39, 0.29) is 5.82 Å². The maximum Gasteiger partial charge on any atom is 0.131 e. The highest BCUT2D eigenvalue weighted by atomic mass is 79.9. The zero-order valence-electron chi connectivity index (χ0n) is 8.23. The number of rotatable bonds is 4. The van der Waals surface area contributed by atoms with Gasteiger partial charge in [-0.2, -0.15) is 0 Å². The molecule has 1 aromatic rings. The molecule has 0 bridgehead atoms. The second kappa shape index (κ2) is 5.32. The number of ether oxygens (including phenoxy) is 1. The van der Waals surface area contributed by atoms with Crippen LogP contribution in [0.15, 0.2) is 16.6 Å². The van der Waals surface area contributed by atoms with Gasteiger partial charge in [-0.3, -0.25) is 0 Å². The number of nitrogens with one attached hydrogen (secondary N) is 1. The molecule has 0 unspecified atom stereocenters. The first-order chi connectivity index (χ1) is 6.69. The monoisotopic (exact) mass is 261 g/mol. The largest absolute Gasteiger partial charge is 0.496 e. The van der Waals surface area contributed by atoms with Crippen LogP contribution in [0.5, 0.6) is 5.75 Å². The van der Waals surface area contributed by atoms with Crippen LogP contribution in [0.4, 0.5) is 4.39 Å². The second-order valence-corrected chi connectivity index (χ2v) is 3.84. The highest BCUT2D eigenvalue weighted by Crippen LogP contribution is 2.26. The van der Waals surface area contributed by atoms with Crippen molar-refractivity contribution < 1.29 is 9.13 Å². The normalized spacial score (nSPS) is 10.3. The molecule has 0 aliphatic heterocycles. The molecule has 0 saturated carbocycles. The number of methoxy groups -OCH3 is 1. The van der Waals surface area contributed by atoms with Crippen molar-refractivity contribution in [2.75, 3.05) is 20.7 Å². The van der Waals surface area contributed by atoms with E-state index >= 15 is 0 Å². The van der Waals surface area contributed by atoms with Gasteiger partial charge in [0.2, 0.25) is 0 Å². The van der Waals surface area contributed by atoms with Gasteiger partial charge in [0, 0.05) is 10.0 Å². The van der Waals surface area contributed by atoms with E-state index < -0.39 is 0 Å². The minimum atomic E-state index is -0.230. The molecule has 0 spiro atoms. The Labute approximate surface area is 91.6 Å². The van der Waals surface area contributed by atoms with E-state index in [1.165, 1.54) is 6.07 Å². The van der Waals surface area contributed by atoms with Gasteiger partial charge in [-0.25, -0.2) is 4.39 Å². The van der Waals surface area contributed by atoms with E-state index in [0.29, 0.717) is 22.2 Å². The predicted molar refractivity (Wildman–Crippen MR) is 58.3 cm³/mol. The van der Waals surface area contributed by atoms with Crippen LogP contribution in [0.2, 0.25) is 0 Å². The Morgan fingerprint density at radius 1 is 1.50 bits per heavy atom. The summed E-state index contributed by atoms with van der Waals surface area (Å²) >= 11 is 3.22. The quantitative estimate of drug-likeness (QED) is 0.899. The lowest BCUT2D eigenvalue weighted by Crippen LogP contribution is -2.12. The minimum Gasteiger partial charge on any atom is -0.496 e. The summed E-state index contributed by atoms with van der Waals surface area (Å²) in [6, 6.07) is 3.22. The van der Waals surface area contributed by atoms with Crippen LogP contribution in [0.1, 0.15) is 5.56 Å². The first-order valence-corrected chi connectivity index (χ1v) is 5.15. The molecule has 0 heterocycles. The summed E-state index contributed by atoms with van der Waals surface area (Å²) in [6.07, 6.45) is 0.624. The van der Waals surface area contributed by atoms with Crippen molar-refractivity contribution in [3.63, 3.8) is 0 Å². The average molecular weight is 262 g/mol. The van der Waals surface area contributed by atoms with Crippen LogP contribution in [0, 0.1) is 5.82 Å². The van der Waals surface area contributed by atoms with Crippen molar-refractivity contribution in [3.05, 3.63) is 28.0 Å². The molecule has 0 saturated heterocycles. The summed E-state index contributed by atoms with van der Waals surface area (Å²) < 4.78 is 19.3.